The number of guanidine groups is 1. The SMILES string of the molecule is CN=C(NCCCCN1CCCCC1C)N(C)Cc1ccc(OC)cc1OC. The van der Waals surface area contributed by atoms with Crippen molar-refractivity contribution in [1.82, 2.24) is 15.1 Å². The largest absolute Gasteiger partial charge is 0.497 e. The van der Waals surface area contributed by atoms with Gasteiger partial charge >= 0.3 is 0 Å². The van der Waals surface area contributed by atoms with Gasteiger partial charge in [-0.3, -0.25) is 4.99 Å². The van der Waals surface area contributed by atoms with E-state index in [1.54, 1.807) is 14.2 Å². The molecule has 0 radical (unpaired) electrons. The van der Waals surface area contributed by atoms with Gasteiger partial charge in [0.2, 0.25) is 0 Å². The first-order valence-corrected chi connectivity index (χ1v) is 10.5. The predicted molar refractivity (Wildman–Crippen MR) is 116 cm³/mol. The highest BCUT2D eigenvalue weighted by molar-refractivity contribution is 5.79. The average molecular weight is 391 g/mol. The Morgan fingerprint density at radius 3 is 2.75 bits per heavy atom. The lowest BCUT2D eigenvalue weighted by Crippen LogP contribution is -2.40. The number of ether oxygens (including phenoxy) is 2. The molecule has 1 fully saturated rings. The van der Waals surface area contributed by atoms with Crippen LogP contribution in [-0.2, 0) is 6.54 Å². The first-order valence-electron chi connectivity index (χ1n) is 10.5. The molecule has 0 aromatic heterocycles. The topological polar surface area (TPSA) is 49.3 Å². The van der Waals surface area contributed by atoms with Gasteiger partial charge < -0.3 is 24.6 Å². The lowest BCUT2D eigenvalue weighted by Gasteiger charge is -2.33. The molecule has 6 heteroatoms. The number of hydrogen-bond acceptors (Lipinski definition) is 4. The number of unbranched alkanes of at least 4 members (excludes halogenated alkanes) is 1. The maximum absolute atomic E-state index is 5.51. The highest BCUT2D eigenvalue weighted by Gasteiger charge is 2.17. The van der Waals surface area contributed by atoms with Crippen LogP contribution in [0.5, 0.6) is 11.5 Å². The van der Waals surface area contributed by atoms with E-state index in [0.717, 1.165) is 48.6 Å². The summed E-state index contributed by atoms with van der Waals surface area (Å²) in [5, 5.41) is 3.49. The molecule has 2 rings (SSSR count). The Kier molecular flexibility index (Phi) is 9.41. The van der Waals surface area contributed by atoms with Crippen LogP contribution >= 0.6 is 0 Å². The molecule has 1 aliphatic heterocycles. The smallest absolute Gasteiger partial charge is 0.193 e. The van der Waals surface area contributed by atoms with E-state index in [4.69, 9.17) is 9.47 Å². The fourth-order valence-corrected chi connectivity index (χ4v) is 3.83. The quantitative estimate of drug-likeness (QED) is 0.398. The van der Waals surface area contributed by atoms with Crippen LogP contribution in [0.2, 0.25) is 0 Å². The van der Waals surface area contributed by atoms with Crippen molar-refractivity contribution in [1.29, 1.82) is 0 Å². The van der Waals surface area contributed by atoms with Crippen LogP contribution < -0.4 is 14.8 Å². The van der Waals surface area contributed by atoms with Crippen LogP contribution in [0.3, 0.4) is 0 Å². The molecular formula is C22H38N4O2. The molecule has 158 valence electrons. The number of methoxy groups -OCH3 is 2. The van der Waals surface area contributed by atoms with Crippen molar-refractivity contribution in [2.24, 2.45) is 4.99 Å². The minimum atomic E-state index is 0.720. The van der Waals surface area contributed by atoms with Crippen molar-refractivity contribution in [2.75, 3.05) is 47.9 Å². The Morgan fingerprint density at radius 1 is 1.25 bits per heavy atom. The number of nitrogens with zero attached hydrogens (tertiary/aromatic N) is 3. The molecule has 0 saturated carbocycles. The lowest BCUT2D eigenvalue weighted by molar-refractivity contribution is 0.158. The Labute approximate surface area is 170 Å². The third-order valence-electron chi connectivity index (χ3n) is 5.57. The van der Waals surface area contributed by atoms with Gasteiger partial charge in [-0.1, -0.05) is 6.42 Å². The summed E-state index contributed by atoms with van der Waals surface area (Å²) in [7, 11) is 7.24. The molecule has 1 heterocycles. The minimum absolute atomic E-state index is 0.720. The van der Waals surface area contributed by atoms with Crippen LogP contribution in [-0.4, -0.2) is 69.8 Å². The molecule has 1 aromatic carbocycles. The van der Waals surface area contributed by atoms with Crippen LogP contribution in [0, 0.1) is 0 Å². The summed E-state index contributed by atoms with van der Waals surface area (Å²) in [6.45, 7) is 6.50. The minimum Gasteiger partial charge on any atom is -0.497 e. The molecule has 1 saturated heterocycles. The summed E-state index contributed by atoms with van der Waals surface area (Å²) in [5.74, 6) is 2.54. The lowest BCUT2D eigenvalue weighted by atomic mass is 10.0. The van der Waals surface area contributed by atoms with Gasteiger partial charge in [-0.25, -0.2) is 0 Å². The third-order valence-corrected chi connectivity index (χ3v) is 5.57. The van der Waals surface area contributed by atoms with Crippen molar-refractivity contribution in [3.8, 4) is 11.5 Å². The molecule has 1 unspecified atom stereocenters. The Hall–Kier alpha value is -1.95. The zero-order valence-electron chi connectivity index (χ0n) is 18.3. The van der Waals surface area contributed by atoms with E-state index in [-0.39, 0.29) is 0 Å². The number of piperidine rings is 1. The second kappa shape index (κ2) is 11.8. The summed E-state index contributed by atoms with van der Waals surface area (Å²) >= 11 is 0. The van der Waals surface area contributed by atoms with Gasteiger partial charge in [-0.2, -0.15) is 0 Å². The van der Waals surface area contributed by atoms with Crippen LogP contribution in [0.4, 0.5) is 0 Å². The van der Waals surface area contributed by atoms with Gasteiger partial charge in [-0.15, -0.1) is 0 Å². The molecule has 1 aromatic rings. The second-order valence-electron chi connectivity index (χ2n) is 7.60. The number of benzene rings is 1. The second-order valence-corrected chi connectivity index (χ2v) is 7.60. The molecule has 1 N–H and O–H groups in total. The van der Waals surface area contributed by atoms with E-state index in [1.807, 2.05) is 25.2 Å². The van der Waals surface area contributed by atoms with E-state index in [0.29, 0.717) is 0 Å². The zero-order chi connectivity index (χ0) is 20.4. The molecule has 0 spiro atoms. The van der Waals surface area contributed by atoms with Gasteiger partial charge in [0.1, 0.15) is 11.5 Å². The van der Waals surface area contributed by atoms with Crippen LogP contribution in [0.25, 0.3) is 0 Å². The van der Waals surface area contributed by atoms with Crippen molar-refractivity contribution in [2.45, 2.75) is 51.6 Å². The number of aliphatic imine (C=N–C) groups is 1. The van der Waals surface area contributed by atoms with E-state index in [1.165, 1.54) is 38.8 Å². The molecule has 1 atom stereocenters. The molecule has 0 amide bonds. The first kappa shape index (κ1) is 22.3. The monoisotopic (exact) mass is 390 g/mol. The molecule has 28 heavy (non-hydrogen) atoms. The van der Waals surface area contributed by atoms with Gasteiger partial charge in [0.05, 0.1) is 14.2 Å². The van der Waals surface area contributed by atoms with Crippen LogP contribution in [0.1, 0.15) is 44.6 Å². The molecule has 0 bridgehead atoms. The van der Waals surface area contributed by atoms with Crippen LogP contribution in [0.15, 0.2) is 23.2 Å². The molecule has 0 aliphatic carbocycles. The van der Waals surface area contributed by atoms with E-state index >= 15 is 0 Å². The molecule has 6 nitrogen and oxygen atoms in total. The fraction of sp³-hybridized carbons (Fsp3) is 0.682. The Morgan fingerprint density at radius 2 is 2.07 bits per heavy atom. The van der Waals surface area contributed by atoms with E-state index in [2.05, 4.69) is 34.1 Å². The zero-order valence-corrected chi connectivity index (χ0v) is 18.3. The normalized spacial score (nSPS) is 18.0. The van der Waals surface area contributed by atoms with Crippen molar-refractivity contribution in [3.63, 3.8) is 0 Å². The third kappa shape index (κ3) is 6.59. The standard InChI is InChI=1S/C22H38N4O2/c1-18-10-6-8-14-26(18)15-9-7-13-24-22(23-2)25(3)17-19-11-12-20(27-4)16-21(19)28-5/h11-12,16,18H,6-10,13-15,17H2,1-5H3,(H,23,24). The Balaban J connectivity index is 1.76. The van der Waals surface area contributed by atoms with E-state index in [9.17, 15) is 0 Å². The Bertz CT molecular complexity index is 621. The highest BCUT2D eigenvalue weighted by Crippen LogP contribution is 2.25. The first-order chi connectivity index (χ1) is 13.6. The van der Waals surface area contributed by atoms with E-state index < -0.39 is 0 Å². The summed E-state index contributed by atoms with van der Waals surface area (Å²) in [6.07, 6.45) is 6.48. The van der Waals surface area contributed by atoms with Gasteiger partial charge in [0, 0.05) is 44.9 Å². The number of nitrogens with one attached hydrogen (secondary N) is 1. The fourth-order valence-electron chi connectivity index (χ4n) is 3.83. The summed E-state index contributed by atoms with van der Waals surface area (Å²) in [5.41, 5.74) is 1.10. The van der Waals surface area contributed by atoms with Crippen molar-refractivity contribution in [3.05, 3.63) is 23.8 Å². The van der Waals surface area contributed by atoms with Gasteiger partial charge in [-0.05, 0) is 57.8 Å². The van der Waals surface area contributed by atoms with Gasteiger partial charge in [0.15, 0.2) is 5.96 Å². The number of likely N-dealkylation sites (tertiary alicyclic amines) is 1. The average Bonchev–Trinajstić information content (AvgIpc) is 2.72. The van der Waals surface area contributed by atoms with Crippen molar-refractivity contribution >= 4 is 5.96 Å². The highest BCUT2D eigenvalue weighted by atomic mass is 16.5. The summed E-state index contributed by atoms with van der Waals surface area (Å²) < 4.78 is 10.8. The number of rotatable bonds is 9. The van der Waals surface area contributed by atoms with Gasteiger partial charge in [0.25, 0.3) is 0 Å². The summed E-state index contributed by atoms with van der Waals surface area (Å²) in [6, 6.07) is 6.67. The molecule has 1 aliphatic rings. The summed E-state index contributed by atoms with van der Waals surface area (Å²) in [4.78, 5) is 9.19. The predicted octanol–water partition coefficient (Wildman–Crippen LogP) is 3.37. The number of hydrogen-bond donors (Lipinski definition) is 1. The maximum atomic E-state index is 5.51. The molecular weight excluding hydrogens is 352 g/mol. The van der Waals surface area contributed by atoms with Crippen molar-refractivity contribution < 1.29 is 9.47 Å². The maximum Gasteiger partial charge on any atom is 0.193 e.